The van der Waals surface area contributed by atoms with Crippen LogP contribution in [0, 0.1) is 5.82 Å². The SMILES string of the molecule is CCOc1ccn(-c2ccc(F)cc2)c(=O)c1CC. The first-order chi connectivity index (χ1) is 9.17. The van der Waals surface area contributed by atoms with Gasteiger partial charge >= 0.3 is 0 Å². The lowest BCUT2D eigenvalue weighted by Crippen LogP contribution is -2.22. The van der Waals surface area contributed by atoms with Gasteiger partial charge < -0.3 is 4.74 Å². The quantitative estimate of drug-likeness (QED) is 0.847. The number of halogens is 1. The molecule has 0 bridgehead atoms. The Morgan fingerprint density at radius 3 is 2.42 bits per heavy atom. The van der Waals surface area contributed by atoms with E-state index in [-0.39, 0.29) is 11.4 Å². The summed E-state index contributed by atoms with van der Waals surface area (Å²) in [5.41, 5.74) is 1.15. The number of hydrogen-bond acceptors (Lipinski definition) is 2. The minimum absolute atomic E-state index is 0.125. The summed E-state index contributed by atoms with van der Waals surface area (Å²) < 4.78 is 19.9. The standard InChI is InChI=1S/C15H16FNO2/c1-3-13-14(19-4-2)9-10-17(15(13)18)12-7-5-11(16)6-8-12/h5-10H,3-4H2,1-2H3. The molecule has 0 aliphatic heterocycles. The summed E-state index contributed by atoms with van der Waals surface area (Å²) in [4.78, 5) is 12.4. The van der Waals surface area contributed by atoms with Crippen LogP contribution < -0.4 is 10.3 Å². The highest BCUT2D eigenvalue weighted by molar-refractivity contribution is 5.38. The topological polar surface area (TPSA) is 31.2 Å². The summed E-state index contributed by atoms with van der Waals surface area (Å²) in [5.74, 6) is 0.298. The van der Waals surface area contributed by atoms with Crippen LogP contribution in [0.5, 0.6) is 5.75 Å². The molecule has 0 amide bonds. The molecule has 0 atom stereocenters. The van der Waals surface area contributed by atoms with Gasteiger partial charge in [0.15, 0.2) is 0 Å². The second kappa shape index (κ2) is 5.69. The molecule has 3 nitrogen and oxygen atoms in total. The fourth-order valence-electron chi connectivity index (χ4n) is 1.98. The highest BCUT2D eigenvalue weighted by Gasteiger charge is 2.10. The molecule has 0 aliphatic rings. The number of ether oxygens (including phenoxy) is 1. The Balaban J connectivity index is 2.54. The van der Waals surface area contributed by atoms with Crippen molar-refractivity contribution in [2.45, 2.75) is 20.3 Å². The third-order valence-electron chi connectivity index (χ3n) is 2.91. The molecule has 0 N–H and O–H groups in total. The van der Waals surface area contributed by atoms with Gasteiger partial charge in [0.1, 0.15) is 11.6 Å². The predicted octanol–water partition coefficient (Wildman–Crippen LogP) is 2.94. The molecule has 0 aliphatic carbocycles. The first-order valence-corrected chi connectivity index (χ1v) is 6.30. The van der Waals surface area contributed by atoms with Crippen molar-refractivity contribution >= 4 is 0 Å². The van der Waals surface area contributed by atoms with Gasteiger partial charge in [0.2, 0.25) is 0 Å². The van der Waals surface area contributed by atoms with Crippen LogP contribution in [0.4, 0.5) is 4.39 Å². The van der Waals surface area contributed by atoms with Crippen molar-refractivity contribution in [3.05, 3.63) is 58.3 Å². The molecule has 0 unspecified atom stereocenters. The Bertz CT molecular complexity index is 617. The molecule has 4 heteroatoms. The molecule has 0 saturated carbocycles. The lowest BCUT2D eigenvalue weighted by atomic mass is 10.2. The molecule has 100 valence electrons. The maximum absolute atomic E-state index is 12.9. The number of nitrogens with zero attached hydrogens (tertiary/aromatic N) is 1. The normalized spacial score (nSPS) is 10.5. The van der Waals surface area contributed by atoms with E-state index < -0.39 is 0 Å². The van der Waals surface area contributed by atoms with Gasteiger partial charge in [0.05, 0.1) is 12.2 Å². The van der Waals surface area contributed by atoms with Crippen LogP contribution >= 0.6 is 0 Å². The molecule has 0 fully saturated rings. The van der Waals surface area contributed by atoms with Gasteiger partial charge in [-0.3, -0.25) is 9.36 Å². The first kappa shape index (κ1) is 13.3. The molecule has 1 aromatic heterocycles. The predicted molar refractivity (Wildman–Crippen MR) is 72.5 cm³/mol. The summed E-state index contributed by atoms with van der Waals surface area (Å²) in [6.45, 7) is 4.31. The van der Waals surface area contributed by atoms with Crippen LogP contribution in [0.15, 0.2) is 41.3 Å². The highest BCUT2D eigenvalue weighted by atomic mass is 19.1. The largest absolute Gasteiger partial charge is 0.493 e. The molecule has 2 aromatic rings. The van der Waals surface area contributed by atoms with Gasteiger partial charge in [-0.1, -0.05) is 6.92 Å². The molecule has 0 radical (unpaired) electrons. The number of aromatic nitrogens is 1. The van der Waals surface area contributed by atoms with Gasteiger partial charge in [0, 0.05) is 11.9 Å². The van der Waals surface area contributed by atoms with E-state index in [4.69, 9.17) is 4.74 Å². The molecule has 1 aromatic carbocycles. The molecular formula is C15H16FNO2. The van der Waals surface area contributed by atoms with Crippen molar-refractivity contribution in [3.63, 3.8) is 0 Å². The Morgan fingerprint density at radius 2 is 1.84 bits per heavy atom. The van der Waals surface area contributed by atoms with Crippen LogP contribution in [0.1, 0.15) is 19.4 Å². The van der Waals surface area contributed by atoms with Gasteiger partial charge in [0.25, 0.3) is 5.56 Å². The Hall–Kier alpha value is -2.10. The zero-order valence-electron chi connectivity index (χ0n) is 11.0. The second-order valence-corrected chi connectivity index (χ2v) is 4.10. The monoisotopic (exact) mass is 261 g/mol. The number of rotatable bonds is 4. The van der Waals surface area contributed by atoms with E-state index in [0.29, 0.717) is 30.0 Å². The average Bonchev–Trinajstić information content (AvgIpc) is 2.41. The van der Waals surface area contributed by atoms with Crippen molar-refractivity contribution in [2.24, 2.45) is 0 Å². The van der Waals surface area contributed by atoms with E-state index in [1.54, 1.807) is 24.4 Å². The minimum Gasteiger partial charge on any atom is -0.493 e. The van der Waals surface area contributed by atoms with E-state index >= 15 is 0 Å². The van der Waals surface area contributed by atoms with Gasteiger partial charge in [-0.15, -0.1) is 0 Å². The van der Waals surface area contributed by atoms with Crippen molar-refractivity contribution in [1.82, 2.24) is 4.57 Å². The Labute approximate surface area is 111 Å². The number of hydrogen-bond donors (Lipinski definition) is 0. The van der Waals surface area contributed by atoms with Crippen molar-refractivity contribution in [2.75, 3.05) is 6.61 Å². The molecule has 0 saturated heterocycles. The van der Waals surface area contributed by atoms with Crippen LogP contribution in [0.2, 0.25) is 0 Å². The van der Waals surface area contributed by atoms with E-state index in [0.717, 1.165) is 0 Å². The fraction of sp³-hybridized carbons (Fsp3) is 0.267. The summed E-state index contributed by atoms with van der Waals surface area (Å²) in [6.07, 6.45) is 2.25. The summed E-state index contributed by atoms with van der Waals surface area (Å²) in [6, 6.07) is 7.60. The number of benzene rings is 1. The van der Waals surface area contributed by atoms with Crippen molar-refractivity contribution < 1.29 is 9.13 Å². The van der Waals surface area contributed by atoms with E-state index in [1.165, 1.54) is 16.7 Å². The zero-order valence-corrected chi connectivity index (χ0v) is 11.0. The van der Waals surface area contributed by atoms with E-state index in [2.05, 4.69) is 0 Å². The third-order valence-corrected chi connectivity index (χ3v) is 2.91. The van der Waals surface area contributed by atoms with E-state index in [9.17, 15) is 9.18 Å². The molecule has 0 spiro atoms. The van der Waals surface area contributed by atoms with Crippen LogP contribution in [-0.4, -0.2) is 11.2 Å². The maximum atomic E-state index is 12.9. The lowest BCUT2D eigenvalue weighted by molar-refractivity contribution is 0.335. The summed E-state index contributed by atoms with van der Waals surface area (Å²) in [7, 11) is 0. The molecule has 19 heavy (non-hydrogen) atoms. The van der Waals surface area contributed by atoms with Crippen LogP contribution in [0.3, 0.4) is 0 Å². The minimum atomic E-state index is -0.321. The van der Waals surface area contributed by atoms with Gasteiger partial charge in [-0.25, -0.2) is 4.39 Å². The fourth-order valence-corrected chi connectivity index (χ4v) is 1.98. The molecule has 1 heterocycles. The smallest absolute Gasteiger partial charge is 0.261 e. The Morgan fingerprint density at radius 1 is 1.16 bits per heavy atom. The van der Waals surface area contributed by atoms with Gasteiger partial charge in [-0.2, -0.15) is 0 Å². The third kappa shape index (κ3) is 2.67. The first-order valence-electron chi connectivity index (χ1n) is 6.30. The van der Waals surface area contributed by atoms with Crippen LogP contribution in [0.25, 0.3) is 5.69 Å². The Kier molecular flexibility index (Phi) is 4.00. The maximum Gasteiger partial charge on any atom is 0.261 e. The van der Waals surface area contributed by atoms with E-state index in [1.807, 2.05) is 13.8 Å². The summed E-state index contributed by atoms with van der Waals surface area (Å²) >= 11 is 0. The van der Waals surface area contributed by atoms with Gasteiger partial charge in [-0.05, 0) is 43.7 Å². The molecular weight excluding hydrogens is 245 g/mol. The van der Waals surface area contributed by atoms with Crippen LogP contribution in [-0.2, 0) is 6.42 Å². The van der Waals surface area contributed by atoms with Crippen molar-refractivity contribution in [3.8, 4) is 11.4 Å². The summed E-state index contributed by atoms with van der Waals surface area (Å²) in [5, 5.41) is 0. The zero-order chi connectivity index (χ0) is 13.8. The average molecular weight is 261 g/mol. The highest BCUT2D eigenvalue weighted by Crippen LogP contribution is 2.16. The lowest BCUT2D eigenvalue weighted by Gasteiger charge is -2.12. The molecule has 2 rings (SSSR count). The van der Waals surface area contributed by atoms with Crippen molar-refractivity contribution in [1.29, 1.82) is 0 Å². The number of pyridine rings is 1. The second-order valence-electron chi connectivity index (χ2n) is 4.10.